The summed E-state index contributed by atoms with van der Waals surface area (Å²) >= 11 is 5.72. The molecule has 0 radical (unpaired) electrons. The van der Waals surface area contributed by atoms with Gasteiger partial charge in [-0.1, -0.05) is 19.6 Å². The van der Waals surface area contributed by atoms with Crippen LogP contribution < -0.4 is 0 Å². The van der Waals surface area contributed by atoms with Crippen LogP contribution in [0.5, 0.6) is 0 Å². The lowest BCUT2D eigenvalue weighted by Crippen LogP contribution is -2.46. The van der Waals surface area contributed by atoms with Gasteiger partial charge in [0.25, 0.3) is 0 Å². The summed E-state index contributed by atoms with van der Waals surface area (Å²) in [6, 6.07) is 0. The molecular formula is C15H24ClNO2. The average Bonchev–Trinajstić information content (AvgIpc) is 2.41. The minimum atomic E-state index is -0.299. The predicted octanol–water partition coefficient (Wildman–Crippen LogP) is 3.86. The molecule has 0 aromatic heterocycles. The van der Waals surface area contributed by atoms with Gasteiger partial charge in [-0.2, -0.15) is 0 Å². The summed E-state index contributed by atoms with van der Waals surface area (Å²) in [4.78, 5) is 13.8. The van der Waals surface area contributed by atoms with Crippen LogP contribution in [-0.2, 0) is 9.53 Å². The molecule has 1 amide bonds. The van der Waals surface area contributed by atoms with Crippen LogP contribution >= 0.6 is 11.6 Å². The summed E-state index contributed by atoms with van der Waals surface area (Å²) in [5, 5.41) is 0. The van der Waals surface area contributed by atoms with Crippen LogP contribution in [0.15, 0.2) is 36.3 Å². The fourth-order valence-corrected chi connectivity index (χ4v) is 1.71. The molecule has 0 atom stereocenters. The van der Waals surface area contributed by atoms with Gasteiger partial charge in [-0.15, -0.1) is 11.6 Å². The van der Waals surface area contributed by atoms with E-state index in [0.29, 0.717) is 5.76 Å². The molecule has 0 aromatic carbocycles. The zero-order valence-corrected chi connectivity index (χ0v) is 13.3. The van der Waals surface area contributed by atoms with Crippen LogP contribution in [0.4, 0.5) is 0 Å². The molecule has 0 saturated carbocycles. The molecule has 0 rings (SSSR count). The van der Waals surface area contributed by atoms with Gasteiger partial charge in [0.15, 0.2) is 0 Å². The van der Waals surface area contributed by atoms with Gasteiger partial charge in [-0.3, -0.25) is 4.79 Å². The Kier molecular flexibility index (Phi) is 7.53. The van der Waals surface area contributed by atoms with E-state index >= 15 is 0 Å². The molecule has 0 aliphatic carbocycles. The van der Waals surface area contributed by atoms with Gasteiger partial charge in [0.1, 0.15) is 11.6 Å². The van der Waals surface area contributed by atoms with E-state index in [-0.39, 0.29) is 17.3 Å². The average molecular weight is 286 g/mol. The number of nitrogens with zero attached hydrogens (tertiary/aromatic N) is 1. The van der Waals surface area contributed by atoms with Crippen LogP contribution in [0.3, 0.4) is 0 Å². The zero-order chi connectivity index (χ0) is 15.1. The number of rotatable bonds is 7. The predicted molar refractivity (Wildman–Crippen MR) is 81.0 cm³/mol. The maximum Gasteiger partial charge on any atom is 0.242 e. The van der Waals surface area contributed by atoms with Crippen LogP contribution in [0.25, 0.3) is 0 Å². The van der Waals surface area contributed by atoms with Crippen molar-refractivity contribution in [3.63, 3.8) is 0 Å². The van der Waals surface area contributed by atoms with Crippen molar-refractivity contribution in [1.29, 1.82) is 0 Å². The number of methoxy groups -OCH3 is 1. The highest BCUT2D eigenvalue weighted by molar-refractivity contribution is 6.27. The molecule has 0 fully saturated rings. The van der Waals surface area contributed by atoms with E-state index in [1.54, 1.807) is 18.1 Å². The van der Waals surface area contributed by atoms with Crippen molar-refractivity contribution < 1.29 is 9.53 Å². The molecule has 0 spiro atoms. The first-order valence-electron chi connectivity index (χ1n) is 6.30. The number of hydrogen-bond donors (Lipinski definition) is 0. The van der Waals surface area contributed by atoms with Gasteiger partial charge in [-0.25, -0.2) is 0 Å². The standard InChI is InChI=1S/C15H24ClNO2/c1-7-13(10-9-12(3)19-6)17(14(18)11-16)15(4,5)8-2/h7,9-10H,3,8,11H2,1-2,4-6H3/b10-9-,13-7+. The first-order chi connectivity index (χ1) is 8.83. The van der Waals surface area contributed by atoms with Gasteiger partial charge in [0.2, 0.25) is 5.91 Å². The maximum atomic E-state index is 12.1. The highest BCUT2D eigenvalue weighted by atomic mass is 35.5. The molecule has 3 nitrogen and oxygen atoms in total. The van der Waals surface area contributed by atoms with Gasteiger partial charge in [0.05, 0.1) is 7.11 Å². The minimum absolute atomic E-state index is 0.0418. The summed E-state index contributed by atoms with van der Waals surface area (Å²) in [6.45, 7) is 11.7. The number of ether oxygens (including phenoxy) is 1. The molecule has 0 N–H and O–H groups in total. The van der Waals surface area contributed by atoms with Crippen molar-refractivity contribution in [2.45, 2.75) is 39.7 Å². The molecule has 108 valence electrons. The first-order valence-corrected chi connectivity index (χ1v) is 6.83. The molecule has 19 heavy (non-hydrogen) atoms. The first kappa shape index (κ1) is 17.8. The van der Waals surface area contributed by atoms with E-state index in [1.807, 2.05) is 39.8 Å². The Bertz CT molecular complexity index is 384. The van der Waals surface area contributed by atoms with E-state index < -0.39 is 0 Å². The highest BCUT2D eigenvalue weighted by Gasteiger charge is 2.30. The zero-order valence-electron chi connectivity index (χ0n) is 12.5. The molecule has 0 aliphatic rings. The monoisotopic (exact) mass is 285 g/mol. The Morgan fingerprint density at radius 3 is 2.37 bits per heavy atom. The Morgan fingerprint density at radius 1 is 1.42 bits per heavy atom. The Morgan fingerprint density at radius 2 is 2.00 bits per heavy atom. The molecule has 0 heterocycles. The quantitative estimate of drug-likeness (QED) is 0.404. The number of carbonyl (C=O) groups excluding carboxylic acids is 1. The largest absolute Gasteiger partial charge is 0.497 e. The van der Waals surface area contributed by atoms with Crippen LogP contribution in [-0.4, -0.2) is 29.3 Å². The number of halogens is 1. The number of carbonyl (C=O) groups is 1. The second kappa shape index (κ2) is 8.05. The summed E-state index contributed by atoms with van der Waals surface area (Å²) < 4.78 is 4.99. The smallest absolute Gasteiger partial charge is 0.242 e. The van der Waals surface area contributed by atoms with Crippen LogP contribution in [0.1, 0.15) is 34.1 Å². The van der Waals surface area contributed by atoms with Crippen molar-refractivity contribution in [3.8, 4) is 0 Å². The highest BCUT2D eigenvalue weighted by Crippen LogP contribution is 2.25. The van der Waals surface area contributed by atoms with E-state index in [9.17, 15) is 4.79 Å². The second-order valence-corrected chi connectivity index (χ2v) is 5.01. The third kappa shape index (κ3) is 5.11. The summed E-state index contributed by atoms with van der Waals surface area (Å²) in [7, 11) is 1.56. The number of hydrogen-bond acceptors (Lipinski definition) is 2. The SMILES string of the molecule is C=C(/C=C\C(=C/C)N(C(=O)CCl)C(C)(C)CC)OC. The third-order valence-corrected chi connectivity index (χ3v) is 3.32. The normalized spacial score (nSPS) is 12.6. The van der Waals surface area contributed by atoms with E-state index in [1.165, 1.54) is 0 Å². The van der Waals surface area contributed by atoms with Gasteiger partial charge in [-0.05, 0) is 39.3 Å². The maximum absolute atomic E-state index is 12.1. The summed E-state index contributed by atoms with van der Waals surface area (Å²) in [6.07, 6.45) is 6.25. The second-order valence-electron chi connectivity index (χ2n) is 4.75. The van der Waals surface area contributed by atoms with E-state index in [4.69, 9.17) is 16.3 Å². The molecule has 0 bridgehead atoms. The Hall–Kier alpha value is -1.22. The molecule has 4 heteroatoms. The van der Waals surface area contributed by atoms with Crippen LogP contribution in [0.2, 0.25) is 0 Å². The molecule has 0 aliphatic heterocycles. The van der Waals surface area contributed by atoms with Crippen molar-refractivity contribution in [3.05, 3.63) is 36.3 Å². The Labute approximate surface area is 121 Å². The summed E-state index contributed by atoms with van der Waals surface area (Å²) in [5.74, 6) is 0.376. The van der Waals surface area contributed by atoms with E-state index in [2.05, 4.69) is 6.58 Å². The van der Waals surface area contributed by atoms with Gasteiger partial charge in [0, 0.05) is 11.2 Å². The fraction of sp³-hybridized carbons (Fsp3) is 0.533. The minimum Gasteiger partial charge on any atom is -0.497 e. The van der Waals surface area contributed by atoms with Gasteiger partial charge < -0.3 is 9.64 Å². The van der Waals surface area contributed by atoms with Crippen molar-refractivity contribution in [2.75, 3.05) is 13.0 Å². The van der Waals surface area contributed by atoms with Crippen molar-refractivity contribution in [1.82, 2.24) is 4.90 Å². The third-order valence-electron chi connectivity index (χ3n) is 3.09. The number of amides is 1. The van der Waals surface area contributed by atoms with E-state index in [0.717, 1.165) is 12.1 Å². The lowest BCUT2D eigenvalue weighted by Gasteiger charge is -2.38. The molecule has 0 unspecified atom stereocenters. The lowest BCUT2D eigenvalue weighted by molar-refractivity contribution is -0.130. The molecule has 0 aromatic rings. The van der Waals surface area contributed by atoms with Gasteiger partial charge >= 0.3 is 0 Å². The lowest BCUT2D eigenvalue weighted by atomic mass is 9.98. The Balaban J connectivity index is 5.40. The topological polar surface area (TPSA) is 29.5 Å². The number of allylic oxidation sites excluding steroid dienone is 3. The van der Waals surface area contributed by atoms with Crippen molar-refractivity contribution >= 4 is 17.5 Å². The van der Waals surface area contributed by atoms with Crippen LogP contribution in [0, 0.1) is 0 Å². The fourth-order valence-electron chi connectivity index (χ4n) is 1.60. The molecular weight excluding hydrogens is 262 g/mol. The van der Waals surface area contributed by atoms with Crippen molar-refractivity contribution in [2.24, 2.45) is 0 Å². The summed E-state index contributed by atoms with van der Waals surface area (Å²) in [5.41, 5.74) is 0.489. The molecule has 0 saturated heterocycles. The number of alkyl halides is 1.